The van der Waals surface area contributed by atoms with Crippen LogP contribution in [0.15, 0.2) is 60.7 Å². The Kier molecular flexibility index (Phi) is 7.50. The van der Waals surface area contributed by atoms with E-state index in [9.17, 15) is 39.5 Å². The molecule has 5 rings (SSSR count). The molecule has 0 amide bonds. The van der Waals surface area contributed by atoms with Crippen molar-refractivity contribution in [1.29, 1.82) is 0 Å². The molecule has 2 heterocycles. The molecule has 2 saturated heterocycles. The van der Waals surface area contributed by atoms with Gasteiger partial charge in [0.05, 0.1) is 18.8 Å². The Bertz CT molecular complexity index is 1510. The van der Waals surface area contributed by atoms with E-state index in [0.29, 0.717) is 24.3 Å². The van der Waals surface area contributed by atoms with Gasteiger partial charge in [0.1, 0.15) is 34.4 Å². The molecule has 2 aliphatic rings. The zero-order valence-corrected chi connectivity index (χ0v) is 21.4. The van der Waals surface area contributed by atoms with Crippen LogP contribution in [0, 0.1) is 23.3 Å². The highest BCUT2D eigenvalue weighted by molar-refractivity contribution is 5.73. The molecule has 222 valence electrons. The minimum atomic E-state index is -5.92. The molecule has 0 radical (unpaired) electrons. The highest BCUT2D eigenvalue weighted by atomic mass is 19.4. The molecule has 0 unspecified atom stereocenters. The highest BCUT2D eigenvalue weighted by Gasteiger charge is 2.58. The van der Waals surface area contributed by atoms with Crippen LogP contribution in [0.4, 0.5) is 39.5 Å². The van der Waals surface area contributed by atoms with Crippen LogP contribution in [-0.2, 0) is 31.0 Å². The normalized spacial score (nSPS) is 22.6. The Morgan fingerprint density at radius 1 is 0.762 bits per heavy atom. The maximum absolute atomic E-state index is 14.9. The fraction of sp³-hybridized carbons (Fsp3) is 0.241. The van der Waals surface area contributed by atoms with E-state index < -0.39 is 64.0 Å². The van der Waals surface area contributed by atoms with E-state index in [4.69, 9.17) is 14.2 Å². The van der Waals surface area contributed by atoms with Crippen molar-refractivity contribution in [3.63, 3.8) is 0 Å². The Hall–Kier alpha value is -3.65. The van der Waals surface area contributed by atoms with Gasteiger partial charge in [0.25, 0.3) is 0 Å². The third-order valence-electron chi connectivity index (χ3n) is 6.48. The van der Waals surface area contributed by atoms with E-state index in [1.54, 1.807) is 24.3 Å². The molecule has 13 heteroatoms. The lowest BCUT2D eigenvalue weighted by molar-refractivity contribution is -0.432. The van der Waals surface area contributed by atoms with Crippen LogP contribution >= 0.6 is 0 Å². The van der Waals surface area contributed by atoms with Crippen molar-refractivity contribution < 1.29 is 58.5 Å². The van der Waals surface area contributed by atoms with Gasteiger partial charge in [-0.05, 0) is 47.9 Å². The molecule has 0 spiro atoms. The number of allylic oxidation sites excluding steroid dienone is 1. The number of fused-ring (bicyclic) bond motifs is 2. The molecule has 2 fully saturated rings. The Morgan fingerprint density at radius 3 is 1.83 bits per heavy atom. The second-order valence-corrected chi connectivity index (χ2v) is 9.49. The van der Waals surface area contributed by atoms with Gasteiger partial charge in [-0.1, -0.05) is 48.6 Å². The van der Waals surface area contributed by atoms with Crippen LogP contribution in [0.25, 0.3) is 23.3 Å². The van der Waals surface area contributed by atoms with Crippen LogP contribution in [0.5, 0.6) is 0 Å². The average Bonchev–Trinajstić information content (AvgIpc) is 3.43. The van der Waals surface area contributed by atoms with Gasteiger partial charge in [-0.2, -0.15) is 8.78 Å². The lowest BCUT2D eigenvalue weighted by Crippen LogP contribution is -2.33. The molecule has 2 bridgehead atoms. The summed E-state index contributed by atoms with van der Waals surface area (Å²) in [6, 6.07) is 8.54. The molecule has 0 aliphatic carbocycles. The number of hydrogen-bond acceptors (Lipinski definition) is 4. The second kappa shape index (κ2) is 10.6. The Balaban J connectivity index is 1.35. The number of benzene rings is 3. The molecule has 2 aliphatic heterocycles. The van der Waals surface area contributed by atoms with Gasteiger partial charge in [0.15, 0.2) is 0 Å². The molecule has 0 saturated carbocycles. The molecular weight excluding hydrogens is 583 g/mol. The fourth-order valence-electron chi connectivity index (χ4n) is 4.71. The third kappa shape index (κ3) is 5.69. The average molecular weight is 602 g/mol. The first kappa shape index (κ1) is 29.8. The smallest absolute Gasteiger partial charge is 0.320 e. The van der Waals surface area contributed by atoms with Crippen molar-refractivity contribution in [3.05, 3.63) is 106 Å². The van der Waals surface area contributed by atoms with Crippen LogP contribution in [-0.4, -0.2) is 25.2 Å². The number of rotatable bonds is 7. The van der Waals surface area contributed by atoms with Crippen molar-refractivity contribution in [2.75, 3.05) is 13.2 Å². The lowest BCUT2D eigenvalue weighted by Gasteiger charge is -2.24. The highest BCUT2D eigenvalue weighted by Crippen LogP contribution is 2.47. The van der Waals surface area contributed by atoms with E-state index in [1.165, 1.54) is 12.2 Å². The number of halogens is 9. The van der Waals surface area contributed by atoms with E-state index >= 15 is 0 Å². The maximum atomic E-state index is 14.9. The summed E-state index contributed by atoms with van der Waals surface area (Å²) in [5, 5.41) is 0. The second-order valence-electron chi connectivity index (χ2n) is 9.49. The van der Waals surface area contributed by atoms with Crippen LogP contribution in [0.1, 0.15) is 29.2 Å². The van der Waals surface area contributed by atoms with Crippen molar-refractivity contribution in [2.24, 2.45) is 0 Å². The van der Waals surface area contributed by atoms with Crippen molar-refractivity contribution in [1.82, 2.24) is 0 Å². The zero-order valence-electron chi connectivity index (χ0n) is 21.4. The zero-order chi connectivity index (χ0) is 30.5. The summed E-state index contributed by atoms with van der Waals surface area (Å²) in [5.74, 6) is -8.37. The van der Waals surface area contributed by atoms with E-state index in [1.807, 2.05) is 19.1 Å². The molecule has 42 heavy (non-hydrogen) atoms. The molecule has 0 atom stereocenters. The van der Waals surface area contributed by atoms with Crippen molar-refractivity contribution >= 4 is 12.2 Å². The topological polar surface area (TPSA) is 36.9 Å². The number of ether oxygens (including phenoxy) is 4. The molecular formula is C29H19F9O4. The SMILES string of the molecule is CC=CC12COC(c3ccc(C=Cc4cc(F)c(-c5cc(F)c(C(F)(F)OC(F)(F)F)c(F)c5)c(F)c4)cc3)(OC1)O2. The first-order valence-electron chi connectivity index (χ1n) is 12.2. The minimum Gasteiger partial charge on any atom is -0.320 e. The first-order chi connectivity index (χ1) is 19.7. The largest absolute Gasteiger partial charge is 0.527 e. The van der Waals surface area contributed by atoms with Crippen molar-refractivity contribution in [2.45, 2.75) is 31.0 Å². The predicted octanol–water partition coefficient (Wildman–Crippen LogP) is 8.17. The standard InChI is InChI=1S/C29H19F9O4/c1-2-9-26-14-39-28(41-26,40-15-26)19-7-5-16(6-8-19)3-4-17-10-20(30)24(21(31)11-17)18-12-22(32)25(23(33)13-18)27(34,35)42-29(36,37)38/h2-13H,14-15H2,1H3. The summed E-state index contributed by atoms with van der Waals surface area (Å²) in [4.78, 5) is 0. The van der Waals surface area contributed by atoms with E-state index in [2.05, 4.69) is 4.74 Å². The van der Waals surface area contributed by atoms with Gasteiger partial charge >= 0.3 is 18.4 Å². The Labute approximate surface area is 232 Å². The summed E-state index contributed by atoms with van der Waals surface area (Å²) in [6.07, 6.45) is -4.81. The molecule has 0 aromatic heterocycles. The lowest BCUT2D eigenvalue weighted by atomic mass is 9.99. The first-order valence-corrected chi connectivity index (χ1v) is 12.2. The summed E-state index contributed by atoms with van der Waals surface area (Å²) in [5.41, 5.74) is -3.67. The maximum Gasteiger partial charge on any atom is 0.527 e. The molecule has 3 aromatic rings. The van der Waals surface area contributed by atoms with Crippen LogP contribution < -0.4 is 0 Å². The quantitative estimate of drug-likeness (QED) is 0.155. The summed E-state index contributed by atoms with van der Waals surface area (Å²) in [7, 11) is 0. The van der Waals surface area contributed by atoms with Crippen LogP contribution in [0.3, 0.4) is 0 Å². The summed E-state index contributed by atoms with van der Waals surface area (Å²) >= 11 is 0. The summed E-state index contributed by atoms with van der Waals surface area (Å²) in [6.45, 7) is 2.48. The molecule has 4 nitrogen and oxygen atoms in total. The Morgan fingerprint density at radius 2 is 1.31 bits per heavy atom. The van der Waals surface area contributed by atoms with Gasteiger partial charge in [-0.25, -0.2) is 22.3 Å². The third-order valence-corrected chi connectivity index (χ3v) is 6.48. The van der Waals surface area contributed by atoms with Gasteiger partial charge in [-0.3, -0.25) is 0 Å². The summed E-state index contributed by atoms with van der Waals surface area (Å²) < 4.78 is 142. The molecule has 3 aromatic carbocycles. The van der Waals surface area contributed by atoms with Gasteiger partial charge in [0.2, 0.25) is 0 Å². The van der Waals surface area contributed by atoms with Crippen molar-refractivity contribution in [3.8, 4) is 11.1 Å². The molecule has 0 N–H and O–H groups in total. The van der Waals surface area contributed by atoms with Crippen LogP contribution in [0.2, 0.25) is 0 Å². The van der Waals surface area contributed by atoms with Gasteiger partial charge in [0, 0.05) is 5.56 Å². The van der Waals surface area contributed by atoms with E-state index in [0.717, 1.165) is 12.1 Å². The van der Waals surface area contributed by atoms with Gasteiger partial charge in [-0.15, -0.1) is 13.2 Å². The van der Waals surface area contributed by atoms with Gasteiger partial charge < -0.3 is 14.2 Å². The number of hydrogen-bond donors (Lipinski definition) is 0. The van der Waals surface area contributed by atoms with E-state index in [-0.39, 0.29) is 17.7 Å². The number of alkyl halides is 5. The fourth-order valence-corrected chi connectivity index (χ4v) is 4.71. The predicted molar refractivity (Wildman–Crippen MR) is 130 cm³/mol. The minimum absolute atomic E-state index is 0.00295. The monoisotopic (exact) mass is 602 g/mol.